The van der Waals surface area contributed by atoms with Crippen LogP contribution in [0.5, 0.6) is 0 Å². The maximum Gasteiger partial charge on any atom is 0.433 e. The summed E-state index contributed by atoms with van der Waals surface area (Å²) in [6.45, 7) is -0.923. The van der Waals surface area contributed by atoms with Crippen LogP contribution in [-0.2, 0) is 31.7 Å². The number of hydrogen-bond acceptors (Lipinski definition) is 8. The number of benzene rings is 1. The quantitative estimate of drug-likeness (QED) is 0.244. The van der Waals surface area contributed by atoms with E-state index in [1.807, 2.05) is 5.92 Å². The van der Waals surface area contributed by atoms with Crippen LogP contribution in [0, 0.1) is 12.3 Å². The van der Waals surface area contributed by atoms with Crippen molar-refractivity contribution in [1.82, 2.24) is 14.5 Å². The van der Waals surface area contributed by atoms with E-state index < -0.39 is 66.5 Å². The molecule has 0 spiro atoms. The Labute approximate surface area is 212 Å². The first-order chi connectivity index (χ1) is 17.8. The largest absolute Gasteiger partial charge is 0.479 e. The van der Waals surface area contributed by atoms with Crippen molar-refractivity contribution in [3.63, 3.8) is 0 Å². The van der Waals surface area contributed by atoms with Crippen molar-refractivity contribution in [3.8, 4) is 12.3 Å². The Kier molecular flexibility index (Phi) is 6.89. The molecule has 38 heavy (non-hydrogen) atoms. The van der Waals surface area contributed by atoms with Crippen LogP contribution >= 0.6 is 0 Å². The molecule has 0 aliphatic carbocycles. The summed E-state index contributed by atoms with van der Waals surface area (Å²) >= 11 is 0. The number of nitrogens with zero attached hydrogens (tertiary/aromatic N) is 3. The zero-order valence-corrected chi connectivity index (χ0v) is 19.2. The first-order valence-corrected chi connectivity index (χ1v) is 10.9. The number of aliphatic hydroxyl groups is 2. The summed E-state index contributed by atoms with van der Waals surface area (Å²) in [5.41, 5.74) is -6.66. The van der Waals surface area contributed by atoms with E-state index in [0.29, 0.717) is 11.6 Å². The number of halogens is 3. The predicted molar refractivity (Wildman–Crippen MR) is 120 cm³/mol. The number of pyridine rings is 1. The second-order valence-electron chi connectivity index (χ2n) is 8.53. The van der Waals surface area contributed by atoms with Gasteiger partial charge in [0.1, 0.15) is 23.4 Å². The van der Waals surface area contributed by atoms with Crippen molar-refractivity contribution < 1.29 is 52.7 Å². The number of carboxylic acid groups (broad SMARTS) is 2. The molecule has 1 aliphatic rings. The number of alkyl halides is 3. The minimum Gasteiger partial charge on any atom is -0.479 e. The van der Waals surface area contributed by atoms with Gasteiger partial charge in [0.05, 0.1) is 12.9 Å². The van der Waals surface area contributed by atoms with Gasteiger partial charge >= 0.3 is 18.1 Å². The van der Waals surface area contributed by atoms with Crippen LogP contribution in [0.3, 0.4) is 0 Å². The summed E-state index contributed by atoms with van der Waals surface area (Å²) in [6.07, 6.45) is -4.28. The van der Waals surface area contributed by atoms with Crippen LogP contribution in [0.15, 0.2) is 48.8 Å². The highest BCUT2D eigenvalue weighted by Crippen LogP contribution is 2.39. The van der Waals surface area contributed by atoms with Crippen molar-refractivity contribution in [2.24, 2.45) is 0 Å². The molecule has 0 radical (unpaired) electrons. The third-order valence-corrected chi connectivity index (χ3v) is 6.20. The Balaban J connectivity index is 1.66. The lowest BCUT2D eigenvalue weighted by atomic mass is 9.92. The molecule has 3 heterocycles. The van der Waals surface area contributed by atoms with Crippen LogP contribution in [-0.4, -0.2) is 76.9 Å². The Morgan fingerprint density at radius 1 is 1.16 bits per heavy atom. The average molecular weight is 535 g/mol. The van der Waals surface area contributed by atoms with E-state index in [2.05, 4.69) is 9.97 Å². The fourth-order valence-electron chi connectivity index (χ4n) is 4.09. The Bertz CT molecular complexity index is 1390. The summed E-state index contributed by atoms with van der Waals surface area (Å²) in [7, 11) is 0. The van der Waals surface area contributed by atoms with Gasteiger partial charge in [-0.05, 0) is 17.7 Å². The molecular weight excluding hydrogens is 515 g/mol. The van der Waals surface area contributed by atoms with E-state index in [9.17, 15) is 43.2 Å². The van der Waals surface area contributed by atoms with Gasteiger partial charge in [-0.15, -0.1) is 6.42 Å². The van der Waals surface area contributed by atoms with E-state index in [4.69, 9.17) is 15.9 Å². The van der Waals surface area contributed by atoms with Gasteiger partial charge in [-0.3, -0.25) is 4.57 Å². The molecule has 11 nitrogen and oxygen atoms in total. The maximum atomic E-state index is 13.2. The summed E-state index contributed by atoms with van der Waals surface area (Å²) < 4.78 is 51.4. The van der Waals surface area contributed by atoms with Gasteiger partial charge in [-0.1, -0.05) is 36.3 Å². The van der Waals surface area contributed by atoms with Gasteiger partial charge in [0.2, 0.25) is 0 Å². The van der Waals surface area contributed by atoms with Crippen LogP contribution in [0.4, 0.5) is 13.2 Å². The number of imidazole rings is 1. The molecule has 0 saturated carbocycles. The molecule has 1 fully saturated rings. The van der Waals surface area contributed by atoms with Gasteiger partial charge in [0.25, 0.3) is 5.60 Å². The van der Waals surface area contributed by atoms with E-state index in [-0.39, 0.29) is 11.2 Å². The summed E-state index contributed by atoms with van der Waals surface area (Å²) in [4.78, 5) is 31.6. The number of aliphatic hydroxyl groups excluding tert-OH is 1. The lowest BCUT2D eigenvalue weighted by Gasteiger charge is -2.30. The molecule has 0 unspecified atom stereocenters. The fraction of sp³-hybridized carbons (Fsp3) is 0.333. The molecule has 0 amide bonds. The Hall–Kier alpha value is -4.03. The van der Waals surface area contributed by atoms with Crippen molar-refractivity contribution in [2.45, 2.75) is 42.2 Å². The van der Waals surface area contributed by atoms with Crippen LogP contribution in [0.25, 0.3) is 11.2 Å². The van der Waals surface area contributed by atoms with E-state index >= 15 is 0 Å². The first kappa shape index (κ1) is 27.0. The number of ether oxygens (including phenoxy) is 2. The van der Waals surface area contributed by atoms with Crippen molar-refractivity contribution in [2.75, 3.05) is 6.61 Å². The molecule has 4 atom stereocenters. The monoisotopic (exact) mass is 535 g/mol. The first-order valence-electron chi connectivity index (χ1n) is 10.9. The third kappa shape index (κ3) is 4.56. The summed E-state index contributed by atoms with van der Waals surface area (Å²) in [5, 5.41) is 41.4. The SMILES string of the molecule is C#C[C@@]1(O)[C@@H](COC(Cc2ccccc2)(C(=O)O)C(=O)O)O[C@@H](n2cnc3ccc(C(F)(F)F)nc32)[C@@H]1O. The maximum absolute atomic E-state index is 13.2. The van der Waals surface area contributed by atoms with Crippen LogP contribution in [0.2, 0.25) is 0 Å². The Morgan fingerprint density at radius 3 is 2.39 bits per heavy atom. The highest BCUT2D eigenvalue weighted by atomic mass is 19.4. The highest BCUT2D eigenvalue weighted by Gasteiger charge is 2.58. The van der Waals surface area contributed by atoms with Crippen molar-refractivity contribution in [1.29, 1.82) is 0 Å². The van der Waals surface area contributed by atoms with Crippen LogP contribution < -0.4 is 0 Å². The van der Waals surface area contributed by atoms with Gasteiger partial charge < -0.3 is 29.9 Å². The van der Waals surface area contributed by atoms with Gasteiger partial charge in [-0.25, -0.2) is 19.6 Å². The van der Waals surface area contributed by atoms with Gasteiger partial charge in [0.15, 0.2) is 17.5 Å². The van der Waals surface area contributed by atoms with E-state index in [1.165, 1.54) is 12.1 Å². The lowest BCUT2D eigenvalue weighted by Crippen LogP contribution is -2.55. The second-order valence-corrected chi connectivity index (χ2v) is 8.53. The lowest BCUT2D eigenvalue weighted by molar-refractivity contribution is -0.191. The van der Waals surface area contributed by atoms with E-state index in [1.54, 1.807) is 18.2 Å². The number of terminal acetylenes is 1. The molecule has 2 aromatic heterocycles. The second kappa shape index (κ2) is 9.69. The summed E-state index contributed by atoms with van der Waals surface area (Å²) in [5.74, 6) is -1.77. The standard InChI is InChI=1S/C24H20F3N3O8/c1-2-22(36)16(11-37-23(20(32)33,21(34)35)10-13-6-4-3-5-7-13)38-19(17(22)31)30-12-28-14-8-9-15(24(25,26)27)29-18(14)30/h1,3-9,12,16-17,19,31,36H,10-11H2,(H,32,33)(H,34,35)/t16-,17+,19-,22-/m1/s1. The van der Waals surface area contributed by atoms with E-state index in [0.717, 1.165) is 17.0 Å². The topological polar surface area (TPSA) is 164 Å². The molecule has 4 N–H and O–H groups in total. The number of aromatic nitrogens is 3. The molecule has 1 aliphatic heterocycles. The minimum absolute atomic E-state index is 0.0105. The zero-order valence-electron chi connectivity index (χ0n) is 19.2. The Morgan fingerprint density at radius 2 is 1.82 bits per heavy atom. The molecule has 200 valence electrons. The number of carbonyl (C=O) groups is 2. The molecule has 3 aromatic rings. The number of carboxylic acids is 2. The molecule has 1 saturated heterocycles. The average Bonchev–Trinajstić information content (AvgIpc) is 3.40. The van der Waals surface area contributed by atoms with Crippen molar-refractivity contribution in [3.05, 3.63) is 60.0 Å². The zero-order chi connectivity index (χ0) is 27.9. The van der Waals surface area contributed by atoms with Gasteiger partial charge in [0, 0.05) is 6.42 Å². The molecular formula is C24H20F3N3O8. The number of aliphatic carboxylic acids is 2. The predicted octanol–water partition coefficient (Wildman–Crippen LogP) is 1.24. The van der Waals surface area contributed by atoms with Crippen molar-refractivity contribution >= 4 is 23.1 Å². The highest BCUT2D eigenvalue weighted by molar-refractivity contribution is 6.02. The smallest absolute Gasteiger partial charge is 0.433 e. The third-order valence-electron chi connectivity index (χ3n) is 6.20. The number of hydrogen-bond donors (Lipinski definition) is 4. The summed E-state index contributed by atoms with van der Waals surface area (Å²) in [6, 6.07) is 9.50. The fourth-order valence-corrected chi connectivity index (χ4v) is 4.09. The van der Waals surface area contributed by atoms with Gasteiger partial charge in [-0.2, -0.15) is 13.2 Å². The number of rotatable bonds is 8. The molecule has 14 heteroatoms. The minimum atomic E-state index is -4.79. The number of fused-ring (bicyclic) bond motifs is 1. The molecule has 4 rings (SSSR count). The molecule has 0 bridgehead atoms. The molecule has 1 aromatic carbocycles. The van der Waals surface area contributed by atoms with Crippen LogP contribution in [0.1, 0.15) is 17.5 Å². The normalized spacial score (nSPS) is 23.8.